The minimum Gasteiger partial charge on any atom is -0.456 e. The Labute approximate surface area is 179 Å². The van der Waals surface area contributed by atoms with Gasteiger partial charge in [-0.3, -0.25) is 9.59 Å². The van der Waals surface area contributed by atoms with Crippen molar-refractivity contribution in [2.75, 3.05) is 0 Å². The molecule has 2 aliphatic heterocycles. The largest absolute Gasteiger partial charge is 0.456 e. The SMILES string of the molecule is CCc1ccc(Oc2ccc(Cl)cc2Cl)cc1C1C(=O)[C@@H]2[C@H](C1=O)[C@H]1CC[C@@H]2O1. The maximum Gasteiger partial charge on any atom is 0.154 e. The monoisotopic (exact) mass is 430 g/mol. The van der Waals surface area contributed by atoms with Gasteiger partial charge < -0.3 is 9.47 Å². The highest BCUT2D eigenvalue weighted by molar-refractivity contribution is 6.35. The molecule has 2 heterocycles. The van der Waals surface area contributed by atoms with Gasteiger partial charge in [-0.2, -0.15) is 0 Å². The lowest BCUT2D eigenvalue weighted by Crippen LogP contribution is -2.29. The van der Waals surface area contributed by atoms with Gasteiger partial charge in [0.2, 0.25) is 0 Å². The van der Waals surface area contributed by atoms with Gasteiger partial charge in [0, 0.05) is 5.02 Å². The van der Waals surface area contributed by atoms with E-state index < -0.39 is 5.92 Å². The number of Topliss-reactive ketones (excluding diaryl/α,β-unsaturated/α-hetero) is 2. The molecule has 0 N–H and O–H groups in total. The van der Waals surface area contributed by atoms with E-state index in [0.29, 0.717) is 21.5 Å². The number of ketones is 2. The third-order valence-electron chi connectivity index (χ3n) is 6.43. The van der Waals surface area contributed by atoms with Crippen molar-refractivity contribution in [3.63, 3.8) is 0 Å². The Morgan fingerprint density at radius 2 is 1.69 bits per heavy atom. The number of benzene rings is 2. The van der Waals surface area contributed by atoms with Crippen molar-refractivity contribution in [3.05, 3.63) is 57.6 Å². The van der Waals surface area contributed by atoms with Crippen LogP contribution in [0.3, 0.4) is 0 Å². The van der Waals surface area contributed by atoms with Crippen molar-refractivity contribution in [2.45, 2.75) is 44.3 Å². The van der Waals surface area contributed by atoms with Crippen molar-refractivity contribution < 1.29 is 19.1 Å². The molecule has 4 nitrogen and oxygen atoms in total. The molecule has 1 aliphatic carbocycles. The Balaban J connectivity index is 1.50. The summed E-state index contributed by atoms with van der Waals surface area (Å²) in [5.41, 5.74) is 1.73. The molecule has 2 saturated heterocycles. The molecule has 150 valence electrons. The first-order chi connectivity index (χ1) is 14.0. The van der Waals surface area contributed by atoms with Gasteiger partial charge in [-0.05, 0) is 60.7 Å². The maximum atomic E-state index is 13.2. The van der Waals surface area contributed by atoms with Crippen LogP contribution < -0.4 is 4.74 Å². The van der Waals surface area contributed by atoms with E-state index in [1.165, 1.54) is 0 Å². The summed E-state index contributed by atoms with van der Waals surface area (Å²) in [6.45, 7) is 2.02. The average Bonchev–Trinajstić information content (AvgIpc) is 3.38. The van der Waals surface area contributed by atoms with Crippen molar-refractivity contribution in [3.8, 4) is 11.5 Å². The molecule has 2 aromatic carbocycles. The Hall–Kier alpha value is -1.88. The molecule has 0 spiro atoms. The van der Waals surface area contributed by atoms with Crippen LogP contribution in [0.15, 0.2) is 36.4 Å². The number of ether oxygens (including phenoxy) is 2. The minimum atomic E-state index is -0.726. The fourth-order valence-corrected chi connectivity index (χ4v) is 5.59. The fraction of sp³-hybridized carbons (Fsp3) is 0.391. The zero-order chi connectivity index (χ0) is 20.3. The Kier molecular flexibility index (Phi) is 4.69. The Bertz CT molecular complexity index is 990. The van der Waals surface area contributed by atoms with Crippen molar-refractivity contribution in [1.82, 2.24) is 0 Å². The molecule has 0 aromatic heterocycles. The molecule has 5 atom stereocenters. The van der Waals surface area contributed by atoms with Crippen LogP contribution in [0.1, 0.15) is 36.8 Å². The summed E-state index contributed by atoms with van der Waals surface area (Å²) in [6.07, 6.45) is 2.28. The molecule has 3 aliphatic rings. The predicted octanol–water partition coefficient (Wildman–Crippen LogP) is 5.38. The molecular formula is C23H20Cl2O4. The summed E-state index contributed by atoms with van der Waals surface area (Å²) in [7, 11) is 0. The first kappa shape index (κ1) is 19.1. The van der Waals surface area contributed by atoms with Crippen LogP contribution in [0.2, 0.25) is 10.0 Å². The summed E-state index contributed by atoms with van der Waals surface area (Å²) in [4.78, 5) is 26.5. The minimum absolute atomic E-state index is 0.00331. The lowest BCUT2D eigenvalue weighted by atomic mass is 9.81. The number of hydrogen-bond donors (Lipinski definition) is 0. The van der Waals surface area contributed by atoms with Crippen LogP contribution in [0, 0.1) is 11.8 Å². The first-order valence-corrected chi connectivity index (χ1v) is 10.7. The summed E-state index contributed by atoms with van der Waals surface area (Å²) < 4.78 is 11.8. The lowest BCUT2D eigenvalue weighted by Gasteiger charge is -2.17. The number of carbonyl (C=O) groups excluding carboxylic acids is 2. The van der Waals surface area contributed by atoms with E-state index in [9.17, 15) is 9.59 Å². The Morgan fingerprint density at radius 3 is 2.31 bits per heavy atom. The maximum absolute atomic E-state index is 13.2. The van der Waals surface area contributed by atoms with Crippen molar-refractivity contribution >= 4 is 34.8 Å². The highest BCUT2D eigenvalue weighted by Crippen LogP contribution is 2.52. The van der Waals surface area contributed by atoms with Gasteiger partial charge in [-0.15, -0.1) is 0 Å². The van der Waals surface area contributed by atoms with Crippen LogP contribution >= 0.6 is 23.2 Å². The average molecular weight is 431 g/mol. The van der Waals surface area contributed by atoms with Crippen LogP contribution in [0.4, 0.5) is 0 Å². The second-order valence-corrected chi connectivity index (χ2v) is 8.81. The number of halogens is 2. The molecule has 3 fully saturated rings. The number of rotatable bonds is 4. The quantitative estimate of drug-likeness (QED) is 0.611. The zero-order valence-corrected chi connectivity index (χ0v) is 17.4. The molecule has 0 amide bonds. The summed E-state index contributed by atoms with van der Waals surface area (Å²) in [5.74, 6) is -0.280. The Morgan fingerprint density at radius 1 is 1.00 bits per heavy atom. The third-order valence-corrected chi connectivity index (χ3v) is 6.96. The van der Waals surface area contributed by atoms with Crippen LogP contribution in [-0.4, -0.2) is 23.8 Å². The first-order valence-electron chi connectivity index (χ1n) is 9.96. The molecule has 1 saturated carbocycles. The standard InChI is InChI=1S/C23H20Cl2O4/c1-2-11-3-5-13(28-16-6-4-12(24)9-15(16)25)10-14(11)19-22(26)20-17-7-8-18(29-17)21(20)23(19)27/h3-6,9-10,17-21H,2,7-8H2,1H3/t17-,18+,19?,20-,21+. The molecule has 5 rings (SSSR count). The van der Waals surface area contributed by atoms with Gasteiger partial charge in [-0.1, -0.05) is 36.2 Å². The third kappa shape index (κ3) is 3.00. The van der Waals surface area contributed by atoms with E-state index in [1.807, 2.05) is 25.1 Å². The molecule has 2 aromatic rings. The van der Waals surface area contributed by atoms with Gasteiger partial charge in [-0.25, -0.2) is 0 Å². The molecule has 29 heavy (non-hydrogen) atoms. The summed E-state index contributed by atoms with van der Waals surface area (Å²) in [5, 5.41) is 0.921. The zero-order valence-electron chi connectivity index (χ0n) is 15.9. The molecular weight excluding hydrogens is 411 g/mol. The van der Waals surface area contributed by atoms with Gasteiger partial charge in [0.25, 0.3) is 0 Å². The van der Waals surface area contributed by atoms with Gasteiger partial charge in [0.05, 0.1) is 29.1 Å². The highest BCUT2D eigenvalue weighted by atomic mass is 35.5. The number of carbonyl (C=O) groups is 2. The van der Waals surface area contributed by atoms with E-state index in [4.69, 9.17) is 32.7 Å². The van der Waals surface area contributed by atoms with E-state index in [2.05, 4.69) is 0 Å². The van der Waals surface area contributed by atoms with Crippen molar-refractivity contribution in [2.24, 2.45) is 11.8 Å². The second kappa shape index (κ2) is 7.12. The van der Waals surface area contributed by atoms with Crippen LogP contribution in [-0.2, 0) is 20.7 Å². The smallest absolute Gasteiger partial charge is 0.154 e. The number of aryl methyl sites for hydroxylation is 1. The summed E-state index contributed by atoms with van der Waals surface area (Å²) in [6, 6.07) is 10.6. The topological polar surface area (TPSA) is 52.6 Å². The number of fused-ring (bicyclic) bond motifs is 5. The predicted molar refractivity (Wildman–Crippen MR) is 110 cm³/mol. The molecule has 0 radical (unpaired) electrons. The highest BCUT2D eigenvalue weighted by Gasteiger charge is 2.63. The van der Waals surface area contributed by atoms with E-state index in [0.717, 1.165) is 30.4 Å². The normalized spacial score (nSPS) is 30.1. The fourth-order valence-electron chi connectivity index (χ4n) is 5.14. The molecule has 6 heteroatoms. The van der Waals surface area contributed by atoms with E-state index in [-0.39, 0.29) is 35.6 Å². The number of hydrogen-bond acceptors (Lipinski definition) is 4. The molecule has 2 bridgehead atoms. The van der Waals surface area contributed by atoms with E-state index >= 15 is 0 Å². The van der Waals surface area contributed by atoms with Crippen molar-refractivity contribution in [1.29, 1.82) is 0 Å². The van der Waals surface area contributed by atoms with Crippen LogP contribution in [0.5, 0.6) is 11.5 Å². The van der Waals surface area contributed by atoms with Gasteiger partial charge in [0.1, 0.15) is 17.4 Å². The molecule has 1 unspecified atom stereocenters. The van der Waals surface area contributed by atoms with E-state index in [1.54, 1.807) is 18.2 Å². The second-order valence-electron chi connectivity index (χ2n) is 7.97. The lowest BCUT2D eigenvalue weighted by molar-refractivity contribution is -0.127. The van der Waals surface area contributed by atoms with Crippen LogP contribution in [0.25, 0.3) is 0 Å². The van der Waals surface area contributed by atoms with Gasteiger partial charge >= 0.3 is 0 Å². The summed E-state index contributed by atoms with van der Waals surface area (Å²) >= 11 is 12.2. The van der Waals surface area contributed by atoms with Gasteiger partial charge in [0.15, 0.2) is 11.6 Å².